The summed E-state index contributed by atoms with van der Waals surface area (Å²) >= 11 is 0. The molecule has 6 heteroatoms. The van der Waals surface area contributed by atoms with Crippen molar-refractivity contribution in [1.29, 1.82) is 0 Å². The number of hydrogen-bond donors (Lipinski definition) is 1. The van der Waals surface area contributed by atoms with Crippen LogP contribution >= 0.6 is 0 Å². The number of carbonyl (C=O) groups is 2. The van der Waals surface area contributed by atoms with Gasteiger partial charge in [0.2, 0.25) is 0 Å². The molecule has 3 aromatic carbocycles. The average Bonchev–Trinajstić information content (AvgIpc) is 3.38. The van der Waals surface area contributed by atoms with Crippen LogP contribution < -0.4 is 9.47 Å². The zero-order valence-corrected chi connectivity index (χ0v) is 19.7. The van der Waals surface area contributed by atoms with E-state index in [2.05, 4.69) is 0 Å². The number of carbonyl (C=O) groups excluding carboxylic acids is 2. The maximum atomic E-state index is 13.3. The maximum absolute atomic E-state index is 13.3. The lowest BCUT2D eigenvalue weighted by molar-refractivity contribution is -0.139. The van der Waals surface area contributed by atoms with Crippen molar-refractivity contribution in [2.75, 3.05) is 13.7 Å². The van der Waals surface area contributed by atoms with Gasteiger partial charge < -0.3 is 19.5 Å². The van der Waals surface area contributed by atoms with E-state index >= 15 is 0 Å². The van der Waals surface area contributed by atoms with Crippen LogP contribution in [0.5, 0.6) is 11.5 Å². The molecule has 3 aromatic rings. The van der Waals surface area contributed by atoms with Gasteiger partial charge in [-0.2, -0.15) is 0 Å². The van der Waals surface area contributed by atoms with E-state index in [1.165, 1.54) is 0 Å². The van der Waals surface area contributed by atoms with Crippen molar-refractivity contribution in [3.63, 3.8) is 0 Å². The van der Waals surface area contributed by atoms with Gasteiger partial charge in [-0.05, 0) is 60.4 Å². The third-order valence-corrected chi connectivity index (χ3v) is 6.60. The summed E-state index contributed by atoms with van der Waals surface area (Å²) in [5.74, 6) is -0.0934. The monoisotopic (exact) mass is 469 g/mol. The fourth-order valence-electron chi connectivity index (χ4n) is 4.89. The molecule has 2 atom stereocenters. The number of likely N-dealkylation sites (tertiary alicyclic amines) is 1. The molecule has 1 fully saturated rings. The summed E-state index contributed by atoms with van der Waals surface area (Å²) in [6.45, 7) is 2.32. The van der Waals surface area contributed by atoms with Gasteiger partial charge in [-0.3, -0.25) is 9.59 Å². The topological polar surface area (TPSA) is 76.1 Å². The molecule has 1 saturated heterocycles. The van der Waals surface area contributed by atoms with E-state index in [1.54, 1.807) is 36.3 Å². The van der Waals surface area contributed by atoms with Gasteiger partial charge in [-0.25, -0.2) is 0 Å². The molecule has 2 heterocycles. The highest BCUT2D eigenvalue weighted by molar-refractivity contribution is 6.46. The molecule has 0 spiro atoms. The second-order valence-electron chi connectivity index (χ2n) is 8.96. The minimum Gasteiger partial charge on any atom is -0.507 e. The lowest BCUT2D eigenvalue weighted by Gasteiger charge is -2.25. The predicted molar refractivity (Wildman–Crippen MR) is 132 cm³/mol. The van der Waals surface area contributed by atoms with Crippen molar-refractivity contribution in [3.8, 4) is 11.5 Å². The quantitative estimate of drug-likeness (QED) is 0.322. The Morgan fingerprint density at radius 3 is 2.63 bits per heavy atom. The van der Waals surface area contributed by atoms with Crippen molar-refractivity contribution < 1.29 is 24.2 Å². The molecule has 0 saturated carbocycles. The lowest BCUT2D eigenvalue weighted by Crippen LogP contribution is -2.31. The number of hydrogen-bond acceptors (Lipinski definition) is 5. The van der Waals surface area contributed by atoms with Crippen LogP contribution in [-0.4, -0.2) is 41.5 Å². The molecule has 5 rings (SSSR count). The number of rotatable bonds is 6. The summed E-state index contributed by atoms with van der Waals surface area (Å²) in [5.41, 5.74) is 3.32. The summed E-state index contributed by atoms with van der Waals surface area (Å²) < 4.78 is 11.2. The van der Waals surface area contributed by atoms with Crippen LogP contribution in [0.3, 0.4) is 0 Å². The van der Waals surface area contributed by atoms with Gasteiger partial charge in [0.25, 0.3) is 11.7 Å². The molecule has 35 heavy (non-hydrogen) atoms. The van der Waals surface area contributed by atoms with Crippen molar-refractivity contribution in [2.24, 2.45) is 0 Å². The first-order chi connectivity index (χ1) is 17.0. The summed E-state index contributed by atoms with van der Waals surface area (Å²) in [7, 11) is 1.57. The number of benzene rings is 3. The zero-order valence-electron chi connectivity index (χ0n) is 19.7. The van der Waals surface area contributed by atoms with Gasteiger partial charge in [-0.15, -0.1) is 0 Å². The Hall–Kier alpha value is -4.06. The summed E-state index contributed by atoms with van der Waals surface area (Å²) in [6, 6.07) is 21.7. The van der Waals surface area contributed by atoms with Crippen LogP contribution in [0.25, 0.3) is 5.76 Å². The van der Waals surface area contributed by atoms with Crippen molar-refractivity contribution in [3.05, 3.63) is 101 Å². The molecule has 178 valence electrons. The van der Waals surface area contributed by atoms with Crippen LogP contribution in [0.1, 0.15) is 35.2 Å². The van der Waals surface area contributed by atoms with E-state index in [0.29, 0.717) is 29.8 Å². The molecular weight excluding hydrogens is 442 g/mol. The molecule has 0 bridgehead atoms. The number of Topliss-reactive ketones (excluding diaryl/α,β-unsaturated/α-hetero) is 1. The number of aliphatic hydroxyl groups excluding tert-OH is 1. The third-order valence-electron chi connectivity index (χ3n) is 6.60. The number of ketones is 1. The van der Waals surface area contributed by atoms with Crippen molar-refractivity contribution in [1.82, 2.24) is 4.90 Å². The molecule has 6 nitrogen and oxygen atoms in total. The Morgan fingerprint density at radius 2 is 1.86 bits per heavy atom. The van der Waals surface area contributed by atoms with Crippen LogP contribution in [0.4, 0.5) is 0 Å². The van der Waals surface area contributed by atoms with E-state index < -0.39 is 17.7 Å². The molecule has 0 aromatic heterocycles. The minimum atomic E-state index is -0.725. The number of ether oxygens (including phenoxy) is 2. The Balaban J connectivity index is 1.58. The normalized spacial score (nSPS) is 20.6. The number of amides is 1. The summed E-state index contributed by atoms with van der Waals surface area (Å²) in [4.78, 5) is 28.1. The molecule has 1 N–H and O–H groups in total. The smallest absolute Gasteiger partial charge is 0.295 e. The van der Waals surface area contributed by atoms with E-state index in [0.717, 1.165) is 23.3 Å². The van der Waals surface area contributed by atoms with E-state index in [9.17, 15) is 14.7 Å². The standard InChI is InChI=1S/C29H27NO5/c1-18-15-22-16-21(11-12-24(22)35-18)27(31)25-26(20-9-6-10-23(17-20)34-2)30(29(33)28(25)32)14-13-19-7-4-3-5-8-19/h3-12,16-18,26,31H,13-15H2,1-2H3/t18-,26+/m1/s1. The van der Waals surface area contributed by atoms with E-state index in [-0.39, 0.29) is 17.4 Å². The van der Waals surface area contributed by atoms with E-state index in [4.69, 9.17) is 9.47 Å². The molecule has 2 aliphatic heterocycles. The molecular formula is C29H27NO5. The van der Waals surface area contributed by atoms with Crippen LogP contribution in [-0.2, 0) is 22.4 Å². The Labute approximate surface area is 204 Å². The highest BCUT2D eigenvalue weighted by Crippen LogP contribution is 2.41. The average molecular weight is 470 g/mol. The first-order valence-electron chi connectivity index (χ1n) is 11.7. The third kappa shape index (κ3) is 4.28. The highest BCUT2D eigenvalue weighted by atomic mass is 16.5. The Kier molecular flexibility index (Phi) is 6.03. The number of nitrogens with zero attached hydrogens (tertiary/aromatic N) is 1. The zero-order chi connectivity index (χ0) is 24.5. The molecule has 0 unspecified atom stereocenters. The van der Waals surface area contributed by atoms with Crippen LogP contribution in [0.15, 0.2) is 78.4 Å². The number of fused-ring (bicyclic) bond motifs is 1. The second kappa shape index (κ2) is 9.29. The fourth-order valence-corrected chi connectivity index (χ4v) is 4.89. The van der Waals surface area contributed by atoms with Crippen molar-refractivity contribution >= 4 is 17.4 Å². The molecule has 1 amide bonds. The first kappa shape index (κ1) is 22.7. The van der Waals surface area contributed by atoms with E-state index in [1.807, 2.05) is 55.5 Å². The Morgan fingerprint density at radius 1 is 1.06 bits per heavy atom. The largest absolute Gasteiger partial charge is 0.507 e. The second-order valence-corrected chi connectivity index (χ2v) is 8.96. The first-order valence-corrected chi connectivity index (χ1v) is 11.7. The van der Waals surface area contributed by atoms with Gasteiger partial charge in [0, 0.05) is 18.5 Å². The van der Waals surface area contributed by atoms with Crippen LogP contribution in [0, 0.1) is 0 Å². The van der Waals surface area contributed by atoms with Gasteiger partial charge in [0.15, 0.2) is 0 Å². The lowest BCUT2D eigenvalue weighted by atomic mass is 9.94. The predicted octanol–water partition coefficient (Wildman–Crippen LogP) is 4.68. The van der Waals surface area contributed by atoms with Gasteiger partial charge in [0.05, 0.1) is 18.7 Å². The molecule has 0 aliphatic carbocycles. The van der Waals surface area contributed by atoms with Gasteiger partial charge >= 0.3 is 0 Å². The SMILES string of the molecule is COc1cccc([C@H]2C(=C(O)c3ccc4c(c3)C[C@@H](C)O4)C(=O)C(=O)N2CCc2ccccc2)c1. The minimum absolute atomic E-state index is 0.0581. The summed E-state index contributed by atoms with van der Waals surface area (Å²) in [5, 5.41) is 11.4. The van der Waals surface area contributed by atoms with Gasteiger partial charge in [-0.1, -0.05) is 42.5 Å². The van der Waals surface area contributed by atoms with Crippen molar-refractivity contribution in [2.45, 2.75) is 31.9 Å². The number of aliphatic hydroxyl groups is 1. The molecule has 2 aliphatic rings. The summed E-state index contributed by atoms with van der Waals surface area (Å²) in [6.07, 6.45) is 1.37. The van der Waals surface area contributed by atoms with Gasteiger partial charge in [0.1, 0.15) is 23.4 Å². The maximum Gasteiger partial charge on any atom is 0.295 e. The highest BCUT2D eigenvalue weighted by Gasteiger charge is 2.46. The molecule has 0 radical (unpaired) electrons. The number of methoxy groups -OCH3 is 1. The Bertz CT molecular complexity index is 1310. The fraction of sp³-hybridized carbons (Fsp3) is 0.241. The van der Waals surface area contributed by atoms with Crippen LogP contribution in [0.2, 0.25) is 0 Å².